The third kappa shape index (κ3) is 2.62. The van der Waals surface area contributed by atoms with Crippen LogP contribution >= 0.6 is 0 Å². The lowest BCUT2D eigenvalue weighted by Gasteiger charge is -2.16. The first-order chi connectivity index (χ1) is 9.47. The Hall–Kier alpha value is -2.41. The summed E-state index contributed by atoms with van der Waals surface area (Å²) in [5.74, 6) is 1.28. The maximum Gasteiger partial charge on any atom is 0.148 e. The molecule has 4 nitrogen and oxygen atoms in total. The van der Waals surface area contributed by atoms with Crippen molar-refractivity contribution in [2.45, 2.75) is 26.2 Å². The maximum absolute atomic E-state index is 9.25. The smallest absolute Gasteiger partial charge is 0.148 e. The predicted molar refractivity (Wildman–Crippen MR) is 77.4 cm³/mol. The van der Waals surface area contributed by atoms with Gasteiger partial charge in [0.1, 0.15) is 17.0 Å². The van der Waals surface area contributed by atoms with Gasteiger partial charge in [0.05, 0.1) is 18.9 Å². The van der Waals surface area contributed by atoms with E-state index >= 15 is 0 Å². The van der Waals surface area contributed by atoms with Crippen molar-refractivity contribution in [3.8, 4) is 23.1 Å². The van der Waals surface area contributed by atoms with Crippen molar-refractivity contribution in [2.24, 2.45) is 0 Å². The van der Waals surface area contributed by atoms with Gasteiger partial charge in [0.15, 0.2) is 0 Å². The molecule has 1 aromatic heterocycles. The number of ether oxygens (including phenoxy) is 1. The van der Waals surface area contributed by atoms with Gasteiger partial charge < -0.3 is 4.74 Å². The van der Waals surface area contributed by atoms with Crippen LogP contribution in [0.1, 0.15) is 25.4 Å². The van der Waals surface area contributed by atoms with Gasteiger partial charge in [-0.3, -0.25) is 0 Å². The second-order valence-corrected chi connectivity index (χ2v) is 5.16. The molecule has 0 saturated carbocycles. The molecule has 1 aromatic carbocycles. The summed E-state index contributed by atoms with van der Waals surface area (Å²) < 4.78 is 5.37. The summed E-state index contributed by atoms with van der Waals surface area (Å²) in [4.78, 5) is 8.92. The molecule has 4 heteroatoms. The van der Waals surface area contributed by atoms with Gasteiger partial charge in [0.2, 0.25) is 0 Å². The van der Waals surface area contributed by atoms with Gasteiger partial charge in [-0.25, -0.2) is 9.97 Å². The summed E-state index contributed by atoms with van der Waals surface area (Å²) in [5, 5.41) is 9.25. The Bertz CT molecular complexity index is 672. The molecule has 2 rings (SSSR count). The van der Waals surface area contributed by atoms with Crippen LogP contribution in [-0.4, -0.2) is 17.1 Å². The van der Waals surface area contributed by atoms with E-state index < -0.39 is 5.41 Å². The lowest BCUT2D eigenvalue weighted by atomic mass is 9.94. The first-order valence-corrected chi connectivity index (χ1v) is 6.39. The zero-order chi connectivity index (χ0) is 14.8. The van der Waals surface area contributed by atoms with Crippen molar-refractivity contribution < 1.29 is 4.74 Å². The summed E-state index contributed by atoms with van der Waals surface area (Å²) in [6.45, 7) is 5.53. The summed E-state index contributed by atoms with van der Waals surface area (Å²) in [6, 6.07) is 11.8. The van der Waals surface area contributed by atoms with Crippen molar-refractivity contribution in [3.05, 3.63) is 41.9 Å². The molecule has 20 heavy (non-hydrogen) atoms. The van der Waals surface area contributed by atoms with Crippen LogP contribution in [0.3, 0.4) is 0 Å². The molecule has 1 heterocycles. The van der Waals surface area contributed by atoms with E-state index in [1.54, 1.807) is 7.11 Å². The van der Waals surface area contributed by atoms with Crippen molar-refractivity contribution in [1.82, 2.24) is 9.97 Å². The molecule has 102 valence electrons. The zero-order valence-electron chi connectivity index (χ0n) is 12.1. The molecule has 0 saturated heterocycles. The third-order valence-electron chi connectivity index (χ3n) is 3.08. The molecule has 0 radical (unpaired) electrons. The van der Waals surface area contributed by atoms with Crippen molar-refractivity contribution in [2.75, 3.05) is 7.11 Å². The molecular formula is C16H17N3O. The standard InChI is InChI=1S/C16H17N3O/c1-11-9-13(12-7-5-6-8-14(12)20-4)19-15(18-11)16(2,3)10-17/h5-9H,1-4H3. The molecule has 0 unspecified atom stereocenters. The first-order valence-electron chi connectivity index (χ1n) is 6.39. The van der Waals surface area contributed by atoms with E-state index in [4.69, 9.17) is 4.74 Å². The highest BCUT2D eigenvalue weighted by atomic mass is 16.5. The van der Waals surface area contributed by atoms with Gasteiger partial charge in [-0.05, 0) is 39.0 Å². The fourth-order valence-electron chi connectivity index (χ4n) is 1.89. The highest BCUT2D eigenvalue weighted by molar-refractivity contribution is 5.67. The molecule has 0 aliphatic heterocycles. The molecule has 2 aromatic rings. The molecule has 0 bridgehead atoms. The van der Waals surface area contributed by atoms with Gasteiger partial charge >= 0.3 is 0 Å². The highest BCUT2D eigenvalue weighted by Gasteiger charge is 2.24. The van der Waals surface area contributed by atoms with Crippen molar-refractivity contribution in [3.63, 3.8) is 0 Å². The Morgan fingerprint density at radius 2 is 1.90 bits per heavy atom. The summed E-state index contributed by atoms with van der Waals surface area (Å²) in [7, 11) is 1.63. The zero-order valence-corrected chi connectivity index (χ0v) is 12.1. The van der Waals surface area contributed by atoms with Gasteiger partial charge in [0, 0.05) is 11.3 Å². The topological polar surface area (TPSA) is 58.8 Å². The normalized spacial score (nSPS) is 10.9. The van der Waals surface area contributed by atoms with Crippen LogP contribution in [-0.2, 0) is 5.41 Å². The summed E-state index contributed by atoms with van der Waals surface area (Å²) >= 11 is 0. The number of nitriles is 1. The Morgan fingerprint density at radius 3 is 2.55 bits per heavy atom. The lowest BCUT2D eigenvalue weighted by molar-refractivity contribution is 0.416. The monoisotopic (exact) mass is 267 g/mol. The van der Waals surface area contributed by atoms with E-state index in [-0.39, 0.29) is 0 Å². The van der Waals surface area contributed by atoms with Gasteiger partial charge in [0.25, 0.3) is 0 Å². The average Bonchev–Trinajstić information content (AvgIpc) is 2.46. The fourth-order valence-corrected chi connectivity index (χ4v) is 1.89. The number of hydrogen-bond acceptors (Lipinski definition) is 4. The molecule has 0 N–H and O–H groups in total. The second-order valence-electron chi connectivity index (χ2n) is 5.16. The number of hydrogen-bond donors (Lipinski definition) is 0. The van der Waals surface area contributed by atoms with Crippen LogP contribution in [0.25, 0.3) is 11.3 Å². The molecule has 0 amide bonds. The number of benzene rings is 1. The van der Waals surface area contributed by atoms with E-state index in [0.29, 0.717) is 5.82 Å². The minimum Gasteiger partial charge on any atom is -0.496 e. The Kier molecular flexibility index (Phi) is 3.71. The Labute approximate surface area is 119 Å². The molecule has 0 fully saturated rings. The number of rotatable bonds is 3. The summed E-state index contributed by atoms with van der Waals surface area (Å²) in [6.07, 6.45) is 0. The van der Waals surface area contributed by atoms with E-state index in [0.717, 1.165) is 22.7 Å². The molecular weight excluding hydrogens is 250 g/mol. The first kappa shape index (κ1) is 14.0. The van der Waals surface area contributed by atoms with Crippen molar-refractivity contribution >= 4 is 0 Å². The predicted octanol–water partition coefficient (Wildman–Crippen LogP) is 3.26. The third-order valence-corrected chi connectivity index (χ3v) is 3.08. The van der Waals surface area contributed by atoms with Gasteiger partial charge in [-0.2, -0.15) is 5.26 Å². The lowest BCUT2D eigenvalue weighted by Crippen LogP contribution is -2.19. The number of nitrogens with zero attached hydrogens (tertiary/aromatic N) is 3. The van der Waals surface area contributed by atoms with E-state index in [1.807, 2.05) is 51.1 Å². The van der Waals surface area contributed by atoms with Crippen molar-refractivity contribution in [1.29, 1.82) is 5.26 Å². The average molecular weight is 267 g/mol. The quantitative estimate of drug-likeness (QED) is 0.856. The fraction of sp³-hybridized carbons (Fsp3) is 0.312. The van der Waals surface area contributed by atoms with Gasteiger partial charge in [-0.1, -0.05) is 12.1 Å². The maximum atomic E-state index is 9.25. The van der Waals surface area contributed by atoms with E-state index in [9.17, 15) is 5.26 Å². The Morgan fingerprint density at radius 1 is 1.20 bits per heavy atom. The number of aromatic nitrogens is 2. The molecule has 0 atom stereocenters. The van der Waals surface area contributed by atoms with Crippen LogP contribution in [0.5, 0.6) is 5.75 Å². The van der Waals surface area contributed by atoms with Gasteiger partial charge in [-0.15, -0.1) is 0 Å². The van der Waals surface area contributed by atoms with Crippen LogP contribution in [0.15, 0.2) is 30.3 Å². The minimum absolute atomic E-state index is 0.529. The SMILES string of the molecule is COc1ccccc1-c1cc(C)nc(C(C)(C)C#N)n1. The number of aryl methyl sites for hydroxylation is 1. The largest absolute Gasteiger partial charge is 0.496 e. The van der Waals surface area contributed by atoms with Crippen LogP contribution in [0.4, 0.5) is 0 Å². The molecule has 0 aliphatic carbocycles. The highest BCUT2D eigenvalue weighted by Crippen LogP contribution is 2.30. The number of para-hydroxylation sites is 1. The molecule has 0 spiro atoms. The Balaban J connectivity index is 2.62. The minimum atomic E-state index is -0.719. The van der Waals surface area contributed by atoms with Crippen LogP contribution in [0.2, 0.25) is 0 Å². The second kappa shape index (κ2) is 5.30. The van der Waals surface area contributed by atoms with E-state index in [1.165, 1.54) is 0 Å². The van der Waals surface area contributed by atoms with Crippen LogP contribution in [0, 0.1) is 18.3 Å². The van der Waals surface area contributed by atoms with E-state index in [2.05, 4.69) is 16.0 Å². The van der Waals surface area contributed by atoms with Crippen LogP contribution < -0.4 is 4.74 Å². The summed E-state index contributed by atoms with van der Waals surface area (Å²) in [5.41, 5.74) is 1.78. The number of methoxy groups -OCH3 is 1. The molecule has 0 aliphatic rings.